The lowest BCUT2D eigenvalue weighted by atomic mass is 10.3. The maximum absolute atomic E-state index is 13.2. The lowest BCUT2D eigenvalue weighted by Gasteiger charge is -2.04. The van der Waals surface area contributed by atoms with Gasteiger partial charge in [0.1, 0.15) is 5.69 Å². The van der Waals surface area contributed by atoms with Gasteiger partial charge in [0.05, 0.1) is 11.9 Å². The predicted molar refractivity (Wildman–Crippen MR) is 57.0 cm³/mol. The fourth-order valence-corrected chi connectivity index (χ4v) is 1.13. The molecular weight excluding hydrogens is 227 g/mol. The first kappa shape index (κ1) is 10.9. The average Bonchev–Trinajstić information content (AvgIpc) is 2.33. The number of hydrogen-bond acceptors (Lipinski definition) is 4. The number of anilines is 1. The Morgan fingerprint density at radius 2 is 2.18 bits per heavy atom. The highest BCUT2D eigenvalue weighted by molar-refractivity contribution is 6.02. The van der Waals surface area contributed by atoms with Gasteiger partial charge in [0.15, 0.2) is 5.82 Å². The van der Waals surface area contributed by atoms with Gasteiger partial charge in [-0.25, -0.2) is 9.49 Å². The molecule has 0 aliphatic heterocycles. The molecule has 2 aromatic heterocycles. The van der Waals surface area contributed by atoms with Gasteiger partial charge in [-0.2, -0.15) is 5.10 Å². The Balaban J connectivity index is 2.20. The summed E-state index contributed by atoms with van der Waals surface area (Å²) in [5.74, 6) is -1.27. The van der Waals surface area contributed by atoms with Gasteiger partial charge in [-0.05, 0) is 12.1 Å². The quantitative estimate of drug-likeness (QED) is 0.794. The van der Waals surface area contributed by atoms with Crippen LogP contribution in [-0.2, 0) is 0 Å². The van der Waals surface area contributed by atoms with Crippen LogP contribution in [0.25, 0.3) is 0 Å². The molecule has 0 spiro atoms. The Bertz CT molecular complexity index is 591. The minimum absolute atomic E-state index is 0.00185. The van der Waals surface area contributed by atoms with Crippen molar-refractivity contribution >= 4 is 11.6 Å². The van der Waals surface area contributed by atoms with E-state index in [0.29, 0.717) is 0 Å². The van der Waals surface area contributed by atoms with Gasteiger partial charge in [0.2, 0.25) is 0 Å². The highest BCUT2D eigenvalue weighted by Gasteiger charge is 2.10. The molecule has 0 unspecified atom stereocenters. The van der Waals surface area contributed by atoms with E-state index in [0.717, 1.165) is 12.3 Å². The number of H-pyrrole nitrogens is 1. The highest BCUT2D eigenvalue weighted by Crippen LogP contribution is 2.11. The number of hydrogen-bond donors (Lipinski definition) is 2. The van der Waals surface area contributed by atoms with Gasteiger partial charge in [0, 0.05) is 12.3 Å². The van der Waals surface area contributed by atoms with E-state index in [-0.39, 0.29) is 11.4 Å². The van der Waals surface area contributed by atoms with Crippen molar-refractivity contribution in [2.45, 2.75) is 0 Å². The van der Waals surface area contributed by atoms with Crippen LogP contribution in [0.15, 0.2) is 35.4 Å². The molecule has 1 amide bonds. The molecule has 0 fully saturated rings. The monoisotopic (exact) mass is 234 g/mol. The Morgan fingerprint density at radius 3 is 2.82 bits per heavy atom. The third kappa shape index (κ3) is 2.51. The van der Waals surface area contributed by atoms with Crippen LogP contribution in [0, 0.1) is 5.82 Å². The molecule has 0 atom stereocenters. The second kappa shape index (κ2) is 4.52. The number of halogens is 1. The van der Waals surface area contributed by atoms with Gasteiger partial charge >= 0.3 is 0 Å². The molecule has 86 valence electrons. The van der Waals surface area contributed by atoms with Crippen molar-refractivity contribution in [2.24, 2.45) is 0 Å². The van der Waals surface area contributed by atoms with Crippen molar-refractivity contribution in [2.75, 3.05) is 5.32 Å². The number of carbonyl (C=O) groups excluding carboxylic acids is 1. The summed E-state index contributed by atoms with van der Waals surface area (Å²) in [5, 5.41) is 7.93. The van der Waals surface area contributed by atoms with E-state index in [9.17, 15) is 14.0 Å². The van der Waals surface area contributed by atoms with E-state index in [1.54, 1.807) is 0 Å². The van der Waals surface area contributed by atoms with Crippen LogP contribution in [0.5, 0.6) is 0 Å². The zero-order valence-corrected chi connectivity index (χ0v) is 8.48. The van der Waals surface area contributed by atoms with Crippen LogP contribution < -0.4 is 10.9 Å². The first-order chi connectivity index (χ1) is 8.16. The molecule has 17 heavy (non-hydrogen) atoms. The molecule has 7 heteroatoms. The fraction of sp³-hybridized carbons (Fsp3) is 0. The number of nitrogens with one attached hydrogen (secondary N) is 2. The molecular formula is C10H7FN4O2. The summed E-state index contributed by atoms with van der Waals surface area (Å²) >= 11 is 0. The fourth-order valence-electron chi connectivity index (χ4n) is 1.13. The number of aromatic nitrogens is 3. The largest absolute Gasteiger partial charge is 0.318 e. The van der Waals surface area contributed by atoms with Crippen molar-refractivity contribution < 1.29 is 9.18 Å². The number of rotatable bonds is 2. The van der Waals surface area contributed by atoms with Crippen LogP contribution in [0.4, 0.5) is 10.1 Å². The van der Waals surface area contributed by atoms with Gasteiger partial charge in [-0.3, -0.25) is 14.6 Å². The number of nitrogens with zero attached hydrogens (tertiary/aromatic N) is 2. The molecule has 0 saturated heterocycles. The Kier molecular flexibility index (Phi) is 2.91. The SMILES string of the molecule is O=C(Nc1ccncc1F)c1ccc(=O)[nH]n1. The highest BCUT2D eigenvalue weighted by atomic mass is 19.1. The minimum Gasteiger partial charge on any atom is -0.318 e. The Morgan fingerprint density at radius 1 is 1.35 bits per heavy atom. The summed E-state index contributed by atoms with van der Waals surface area (Å²) < 4.78 is 13.2. The van der Waals surface area contributed by atoms with E-state index in [1.165, 1.54) is 18.3 Å². The Labute approximate surface area is 94.5 Å². The maximum Gasteiger partial charge on any atom is 0.276 e. The number of carbonyl (C=O) groups is 1. The molecule has 2 N–H and O–H groups in total. The summed E-state index contributed by atoms with van der Waals surface area (Å²) in [6.07, 6.45) is 2.33. The van der Waals surface area contributed by atoms with Gasteiger partial charge < -0.3 is 5.32 Å². The van der Waals surface area contributed by atoms with Crippen molar-refractivity contribution in [1.82, 2.24) is 15.2 Å². The normalized spacial score (nSPS) is 9.94. The molecule has 0 saturated carbocycles. The summed E-state index contributed by atoms with van der Waals surface area (Å²) in [5.41, 5.74) is -0.435. The van der Waals surface area contributed by atoms with E-state index in [2.05, 4.69) is 20.5 Å². The first-order valence-electron chi connectivity index (χ1n) is 4.63. The molecule has 0 aliphatic rings. The van der Waals surface area contributed by atoms with Crippen molar-refractivity contribution in [1.29, 1.82) is 0 Å². The molecule has 0 aromatic carbocycles. The molecule has 2 aromatic rings. The predicted octanol–water partition coefficient (Wildman–Crippen LogP) is 0.556. The molecule has 2 rings (SSSR count). The summed E-state index contributed by atoms with van der Waals surface area (Å²) in [7, 11) is 0. The van der Waals surface area contributed by atoms with Gasteiger partial charge in [0.25, 0.3) is 11.5 Å². The topological polar surface area (TPSA) is 87.7 Å². The van der Waals surface area contributed by atoms with Crippen molar-refractivity contribution in [3.63, 3.8) is 0 Å². The second-order valence-electron chi connectivity index (χ2n) is 3.12. The van der Waals surface area contributed by atoms with Crippen molar-refractivity contribution in [3.8, 4) is 0 Å². The lowest BCUT2D eigenvalue weighted by molar-refractivity contribution is 0.102. The van der Waals surface area contributed by atoms with E-state index >= 15 is 0 Å². The molecule has 0 aliphatic carbocycles. The Hall–Kier alpha value is -2.57. The lowest BCUT2D eigenvalue weighted by Crippen LogP contribution is -2.18. The molecule has 0 bridgehead atoms. The van der Waals surface area contributed by atoms with Gasteiger partial charge in [-0.15, -0.1) is 0 Å². The molecule has 2 heterocycles. The third-order valence-electron chi connectivity index (χ3n) is 1.93. The molecule has 6 nitrogen and oxygen atoms in total. The van der Waals surface area contributed by atoms with Crippen LogP contribution in [0.3, 0.4) is 0 Å². The van der Waals surface area contributed by atoms with Crippen LogP contribution in [0.1, 0.15) is 10.5 Å². The zero-order valence-electron chi connectivity index (χ0n) is 8.48. The van der Waals surface area contributed by atoms with Crippen LogP contribution in [-0.4, -0.2) is 21.1 Å². The number of aromatic amines is 1. The third-order valence-corrected chi connectivity index (χ3v) is 1.93. The van der Waals surface area contributed by atoms with E-state index in [1.807, 2.05) is 0 Å². The second-order valence-corrected chi connectivity index (χ2v) is 3.12. The smallest absolute Gasteiger partial charge is 0.276 e. The summed E-state index contributed by atoms with van der Waals surface area (Å²) in [6, 6.07) is 3.72. The standard InChI is InChI=1S/C10H7FN4O2/c11-6-5-12-4-3-7(6)13-10(17)8-1-2-9(16)15-14-8/h1-5H,(H,15,16)(H,12,13,17). The van der Waals surface area contributed by atoms with Crippen LogP contribution >= 0.6 is 0 Å². The van der Waals surface area contributed by atoms with Crippen LogP contribution in [0.2, 0.25) is 0 Å². The minimum atomic E-state index is -0.648. The maximum atomic E-state index is 13.2. The summed E-state index contributed by atoms with van der Waals surface area (Å²) in [4.78, 5) is 25.9. The average molecular weight is 234 g/mol. The number of pyridine rings is 1. The number of amides is 1. The van der Waals surface area contributed by atoms with Gasteiger partial charge in [-0.1, -0.05) is 0 Å². The zero-order chi connectivity index (χ0) is 12.3. The first-order valence-corrected chi connectivity index (χ1v) is 4.63. The van der Waals surface area contributed by atoms with E-state index < -0.39 is 17.3 Å². The van der Waals surface area contributed by atoms with E-state index in [4.69, 9.17) is 0 Å². The van der Waals surface area contributed by atoms with Crippen molar-refractivity contribution in [3.05, 3.63) is 52.5 Å². The molecule has 0 radical (unpaired) electrons. The summed E-state index contributed by atoms with van der Waals surface area (Å²) in [6.45, 7) is 0.